The number of thioether (sulfide) groups is 1. The zero-order chi connectivity index (χ0) is 21.5. The van der Waals surface area contributed by atoms with E-state index in [-0.39, 0.29) is 22.8 Å². The zero-order valence-corrected chi connectivity index (χ0v) is 16.3. The van der Waals surface area contributed by atoms with Crippen molar-refractivity contribution < 1.29 is 27.5 Å². The van der Waals surface area contributed by atoms with E-state index in [0.717, 1.165) is 17.8 Å². The normalized spacial score (nSPS) is 15.8. The molecule has 1 aromatic heterocycles. The third kappa shape index (κ3) is 3.90. The number of ether oxygens (including phenoxy) is 1. The van der Waals surface area contributed by atoms with Gasteiger partial charge in [-0.3, -0.25) is 19.6 Å². The first-order chi connectivity index (χ1) is 14.2. The van der Waals surface area contributed by atoms with Crippen LogP contribution in [-0.4, -0.2) is 28.0 Å². The highest BCUT2D eigenvalue weighted by Crippen LogP contribution is 2.35. The molecule has 0 aliphatic carbocycles. The Morgan fingerprint density at radius 3 is 2.67 bits per heavy atom. The van der Waals surface area contributed by atoms with E-state index >= 15 is 0 Å². The summed E-state index contributed by atoms with van der Waals surface area (Å²) in [5.41, 5.74) is 0.605. The molecule has 30 heavy (non-hydrogen) atoms. The van der Waals surface area contributed by atoms with Crippen molar-refractivity contribution in [3.8, 4) is 5.75 Å². The van der Waals surface area contributed by atoms with E-state index in [1.54, 1.807) is 30.5 Å². The number of halogens is 3. The second kappa shape index (κ2) is 7.52. The second-order valence-corrected chi connectivity index (χ2v) is 7.51. The largest absolute Gasteiger partial charge is 0.497 e. The lowest BCUT2D eigenvalue weighted by molar-refractivity contribution is -0.138. The highest BCUT2D eigenvalue weighted by Gasteiger charge is 2.34. The molecule has 2 amide bonds. The fraction of sp³-hybridized carbons (Fsp3) is 0.150. The lowest BCUT2D eigenvalue weighted by Gasteiger charge is -2.14. The van der Waals surface area contributed by atoms with Gasteiger partial charge in [-0.25, -0.2) is 0 Å². The Labute approximate surface area is 172 Å². The van der Waals surface area contributed by atoms with E-state index in [1.807, 2.05) is 0 Å². The number of rotatable bonds is 4. The number of imide groups is 1. The fourth-order valence-electron chi connectivity index (χ4n) is 3.14. The Kier molecular flexibility index (Phi) is 5.02. The van der Waals surface area contributed by atoms with E-state index in [0.29, 0.717) is 16.5 Å². The van der Waals surface area contributed by atoms with Crippen LogP contribution in [0.5, 0.6) is 5.75 Å². The molecular weight excluding hydrogens is 419 g/mol. The van der Waals surface area contributed by atoms with Crippen LogP contribution < -0.4 is 10.1 Å². The number of methoxy groups -OCH3 is 1. The van der Waals surface area contributed by atoms with Crippen LogP contribution in [0.2, 0.25) is 0 Å². The number of fused-ring (bicyclic) bond motifs is 1. The van der Waals surface area contributed by atoms with Gasteiger partial charge in [-0.2, -0.15) is 18.3 Å². The summed E-state index contributed by atoms with van der Waals surface area (Å²) in [6.07, 6.45) is -1.41. The van der Waals surface area contributed by atoms with E-state index < -0.39 is 22.9 Å². The number of nitrogens with one attached hydrogen (secondary N) is 1. The topological polar surface area (TPSA) is 73.2 Å². The molecule has 10 heteroatoms. The minimum absolute atomic E-state index is 0.0667. The first kappa shape index (κ1) is 20.0. The van der Waals surface area contributed by atoms with Crippen LogP contribution in [0.4, 0.5) is 18.0 Å². The number of hydrogen-bond acceptors (Lipinski definition) is 5. The highest BCUT2D eigenvalue weighted by molar-refractivity contribution is 8.18. The number of alkyl halides is 3. The molecule has 0 unspecified atom stereocenters. The maximum atomic E-state index is 13.5. The van der Waals surface area contributed by atoms with E-state index in [9.17, 15) is 22.8 Å². The Bertz CT molecular complexity index is 1200. The molecule has 154 valence electrons. The third-order valence-electron chi connectivity index (χ3n) is 4.55. The third-order valence-corrected chi connectivity index (χ3v) is 5.36. The van der Waals surface area contributed by atoms with Crippen LogP contribution in [0.25, 0.3) is 17.0 Å². The summed E-state index contributed by atoms with van der Waals surface area (Å²) in [5.74, 6) is -0.332. The lowest BCUT2D eigenvalue weighted by atomic mass is 10.1. The van der Waals surface area contributed by atoms with Crippen molar-refractivity contribution in [1.29, 1.82) is 0 Å². The summed E-state index contributed by atoms with van der Waals surface area (Å²) in [5, 5.41) is 6.66. The summed E-state index contributed by atoms with van der Waals surface area (Å²) < 4.78 is 46.8. The van der Waals surface area contributed by atoms with Crippen molar-refractivity contribution >= 4 is 39.9 Å². The lowest BCUT2D eigenvalue weighted by Crippen LogP contribution is -2.17. The summed E-state index contributed by atoms with van der Waals surface area (Å²) in [6, 6.07) is 9.00. The van der Waals surface area contributed by atoms with Gasteiger partial charge in [0.2, 0.25) is 0 Å². The number of amides is 2. The van der Waals surface area contributed by atoms with Gasteiger partial charge < -0.3 is 4.74 Å². The first-order valence-electron chi connectivity index (χ1n) is 8.69. The molecule has 0 atom stereocenters. The van der Waals surface area contributed by atoms with Gasteiger partial charge in [-0.1, -0.05) is 12.1 Å². The van der Waals surface area contributed by atoms with Gasteiger partial charge >= 0.3 is 6.18 Å². The Morgan fingerprint density at radius 2 is 2.00 bits per heavy atom. The molecule has 0 radical (unpaired) electrons. The van der Waals surface area contributed by atoms with Crippen molar-refractivity contribution in [3.05, 3.63) is 64.2 Å². The number of benzene rings is 2. The Balaban J connectivity index is 1.66. The van der Waals surface area contributed by atoms with Crippen LogP contribution in [-0.2, 0) is 17.5 Å². The molecule has 1 saturated heterocycles. The zero-order valence-electron chi connectivity index (χ0n) is 15.5. The van der Waals surface area contributed by atoms with Gasteiger partial charge in [0, 0.05) is 5.39 Å². The average Bonchev–Trinajstić information content (AvgIpc) is 3.23. The molecule has 2 heterocycles. The van der Waals surface area contributed by atoms with Gasteiger partial charge in [0.15, 0.2) is 0 Å². The molecule has 3 aromatic rings. The van der Waals surface area contributed by atoms with Gasteiger partial charge in [-0.05, 0) is 53.2 Å². The first-order valence-corrected chi connectivity index (χ1v) is 9.51. The maximum Gasteiger partial charge on any atom is 0.416 e. The molecule has 1 fully saturated rings. The van der Waals surface area contributed by atoms with Crippen LogP contribution in [0, 0.1) is 0 Å². The predicted molar refractivity (Wildman–Crippen MR) is 106 cm³/mol. The van der Waals surface area contributed by atoms with E-state index in [4.69, 9.17) is 4.74 Å². The Hall–Kier alpha value is -3.27. The number of hydrogen-bond donors (Lipinski definition) is 1. The van der Waals surface area contributed by atoms with Crippen molar-refractivity contribution in [2.24, 2.45) is 0 Å². The average molecular weight is 433 g/mol. The van der Waals surface area contributed by atoms with Crippen LogP contribution in [0.1, 0.15) is 16.7 Å². The molecular formula is C20H14F3N3O3S. The molecule has 0 bridgehead atoms. The molecule has 0 saturated carbocycles. The number of nitrogens with zero attached hydrogens (tertiary/aromatic N) is 2. The number of carbonyl (C=O) groups excluding carboxylic acids is 2. The van der Waals surface area contributed by atoms with Crippen LogP contribution in [0.15, 0.2) is 47.5 Å². The van der Waals surface area contributed by atoms with Crippen molar-refractivity contribution in [1.82, 2.24) is 15.1 Å². The molecule has 1 aliphatic rings. The Morgan fingerprint density at radius 1 is 1.20 bits per heavy atom. The highest BCUT2D eigenvalue weighted by atomic mass is 32.2. The van der Waals surface area contributed by atoms with Gasteiger partial charge in [0.1, 0.15) is 5.75 Å². The second-order valence-electron chi connectivity index (χ2n) is 6.49. The minimum Gasteiger partial charge on any atom is -0.497 e. The number of aromatic nitrogens is 2. The molecule has 2 aromatic carbocycles. The van der Waals surface area contributed by atoms with E-state index in [2.05, 4.69) is 10.4 Å². The van der Waals surface area contributed by atoms with E-state index in [1.165, 1.54) is 23.9 Å². The fourth-order valence-corrected chi connectivity index (χ4v) is 3.82. The predicted octanol–water partition coefficient (Wildman–Crippen LogP) is 4.44. The minimum atomic E-state index is -4.52. The maximum absolute atomic E-state index is 13.5. The summed E-state index contributed by atoms with van der Waals surface area (Å²) in [6.45, 7) is -0.0739. The van der Waals surface area contributed by atoms with Gasteiger partial charge in [-0.15, -0.1) is 0 Å². The van der Waals surface area contributed by atoms with Crippen molar-refractivity contribution in [3.63, 3.8) is 0 Å². The monoisotopic (exact) mass is 433 g/mol. The SMILES string of the molecule is COc1ccc(Cn2ncc3cc(/C=C4\SC(=O)NC4=O)ccc32)c(C(F)(F)F)c1. The molecule has 1 N–H and O–H groups in total. The standard InChI is InChI=1S/C20H14F3N3O3S/c1-29-14-4-3-12(15(8-14)20(21,22)23)10-26-16-5-2-11(6-13(16)9-24-26)7-17-18(27)25-19(28)30-17/h2-9H,10H2,1H3,(H,25,27,28)/b17-7-. The molecule has 6 nitrogen and oxygen atoms in total. The van der Waals surface area contributed by atoms with Crippen LogP contribution >= 0.6 is 11.8 Å². The molecule has 0 spiro atoms. The van der Waals surface area contributed by atoms with Crippen molar-refractivity contribution in [2.75, 3.05) is 7.11 Å². The van der Waals surface area contributed by atoms with Crippen LogP contribution in [0.3, 0.4) is 0 Å². The molecule has 1 aliphatic heterocycles. The summed E-state index contributed by atoms with van der Waals surface area (Å²) >= 11 is 0.812. The van der Waals surface area contributed by atoms with Gasteiger partial charge in [0.05, 0.1) is 35.8 Å². The smallest absolute Gasteiger partial charge is 0.416 e. The van der Waals surface area contributed by atoms with Gasteiger partial charge in [0.25, 0.3) is 11.1 Å². The quantitative estimate of drug-likeness (QED) is 0.616. The molecule has 4 rings (SSSR count). The number of carbonyl (C=O) groups is 2. The van der Waals surface area contributed by atoms with Crippen molar-refractivity contribution in [2.45, 2.75) is 12.7 Å². The summed E-state index contributed by atoms with van der Waals surface area (Å²) in [7, 11) is 1.31. The summed E-state index contributed by atoms with van der Waals surface area (Å²) in [4.78, 5) is 23.2.